The van der Waals surface area contributed by atoms with Gasteiger partial charge in [-0.25, -0.2) is 9.78 Å². The number of amides is 1. The number of carboxylic acids is 1. The summed E-state index contributed by atoms with van der Waals surface area (Å²) in [5.74, 6) is -2.60. The van der Waals surface area contributed by atoms with Crippen molar-refractivity contribution in [2.75, 3.05) is 7.11 Å². The van der Waals surface area contributed by atoms with Crippen LogP contribution in [0.25, 0.3) is 5.53 Å². The summed E-state index contributed by atoms with van der Waals surface area (Å²) in [7, 11) is 1.26. The van der Waals surface area contributed by atoms with Crippen molar-refractivity contribution < 1.29 is 33.4 Å². The number of Topliss-reactive ketones (excluding diaryl/α,β-unsaturated/α-hetero) is 1. The number of aliphatic carboxylic acids is 1. The molecule has 10 heteroatoms. The lowest BCUT2D eigenvalue weighted by Crippen LogP contribution is -2.43. The summed E-state index contributed by atoms with van der Waals surface area (Å²) in [6.07, 6.45) is 1.47. The quantitative estimate of drug-likeness (QED) is 0.356. The highest BCUT2D eigenvalue weighted by Crippen LogP contribution is 2.15. The third-order valence-electron chi connectivity index (χ3n) is 2.69. The van der Waals surface area contributed by atoms with Crippen LogP contribution in [0.3, 0.4) is 0 Å². The molecule has 1 rings (SSSR count). The van der Waals surface area contributed by atoms with Gasteiger partial charge in [0, 0.05) is 13.5 Å². The molecule has 0 aliphatic carbocycles. The number of oxazole rings is 1. The lowest BCUT2D eigenvalue weighted by atomic mass is 10.1. The van der Waals surface area contributed by atoms with Crippen LogP contribution in [0, 0.1) is 0 Å². The molecule has 22 heavy (non-hydrogen) atoms. The minimum atomic E-state index is -1.31. The van der Waals surface area contributed by atoms with Gasteiger partial charge in [-0.05, 0) is 6.42 Å². The molecular formula is C12H14N4O6. The van der Waals surface area contributed by atoms with Gasteiger partial charge in [-0.2, -0.15) is 4.79 Å². The minimum absolute atomic E-state index is 0.165. The number of carbonyl (C=O) groups is 3. The molecule has 0 aliphatic rings. The Morgan fingerprint density at radius 2 is 2.32 bits per heavy atom. The molecule has 1 aromatic heterocycles. The van der Waals surface area contributed by atoms with E-state index in [9.17, 15) is 14.4 Å². The van der Waals surface area contributed by atoms with Crippen LogP contribution >= 0.6 is 0 Å². The molecule has 1 aromatic rings. The molecule has 0 fully saturated rings. The van der Waals surface area contributed by atoms with Crippen molar-refractivity contribution in [2.45, 2.75) is 25.0 Å². The normalized spacial score (nSPS) is 12.8. The molecule has 2 N–H and O–H groups in total. The summed E-state index contributed by atoms with van der Waals surface area (Å²) in [5, 5.41) is 11.3. The summed E-state index contributed by atoms with van der Waals surface area (Å²) < 4.78 is 9.69. The zero-order chi connectivity index (χ0) is 16.5. The van der Waals surface area contributed by atoms with Crippen LogP contribution < -0.4 is 5.32 Å². The van der Waals surface area contributed by atoms with Crippen molar-refractivity contribution in [3.8, 4) is 0 Å². The lowest BCUT2D eigenvalue weighted by molar-refractivity contribution is -0.144. The lowest BCUT2D eigenvalue weighted by Gasteiger charge is -2.17. The average Bonchev–Trinajstić information content (AvgIpc) is 2.98. The van der Waals surface area contributed by atoms with Crippen LogP contribution in [0.5, 0.6) is 0 Å². The van der Waals surface area contributed by atoms with Gasteiger partial charge in [0.25, 0.3) is 5.91 Å². The van der Waals surface area contributed by atoms with Gasteiger partial charge in [0.05, 0.1) is 0 Å². The van der Waals surface area contributed by atoms with E-state index in [0.717, 1.165) is 6.39 Å². The van der Waals surface area contributed by atoms with Crippen LogP contribution in [0.4, 0.5) is 0 Å². The van der Waals surface area contributed by atoms with E-state index in [4.69, 9.17) is 19.8 Å². The van der Waals surface area contributed by atoms with Crippen molar-refractivity contribution >= 4 is 23.9 Å². The van der Waals surface area contributed by atoms with Crippen molar-refractivity contribution in [1.82, 2.24) is 10.3 Å². The Labute approximate surface area is 124 Å². The number of carbonyl (C=O) groups excluding carboxylic acids is 2. The Morgan fingerprint density at radius 1 is 1.59 bits per heavy atom. The number of rotatable bonds is 9. The van der Waals surface area contributed by atoms with Gasteiger partial charge in [-0.1, -0.05) is 0 Å². The fraction of sp³-hybridized carbons (Fsp3) is 0.417. The third kappa shape index (κ3) is 4.93. The minimum Gasteiger partial charge on any atom is -0.480 e. The number of carboxylic acid groups (broad SMARTS) is 1. The first-order valence-electron chi connectivity index (χ1n) is 6.14. The number of methoxy groups -OCH3 is 1. The third-order valence-corrected chi connectivity index (χ3v) is 2.69. The maximum Gasteiger partial charge on any atom is 0.326 e. The molecule has 10 nitrogen and oxygen atoms in total. The average molecular weight is 310 g/mol. The van der Waals surface area contributed by atoms with Gasteiger partial charge < -0.3 is 25.1 Å². The molecule has 1 amide bonds. The summed E-state index contributed by atoms with van der Waals surface area (Å²) in [4.78, 5) is 40.6. The van der Waals surface area contributed by atoms with Crippen LogP contribution in [0.15, 0.2) is 17.1 Å². The molecule has 0 bridgehead atoms. The number of ketones is 1. The zero-order valence-electron chi connectivity index (χ0n) is 11.6. The molecule has 0 saturated carbocycles. The summed E-state index contributed by atoms with van der Waals surface area (Å²) in [6.45, 7) is 0. The SMILES string of the molecule is CO[C@H](C(=O)N[C@@H](CCC(=O)C=[N+]=[N-])C(=O)O)c1cocn1. The fourth-order valence-corrected chi connectivity index (χ4v) is 1.63. The molecular weight excluding hydrogens is 296 g/mol. The van der Waals surface area contributed by atoms with Crippen molar-refractivity contribution in [3.63, 3.8) is 0 Å². The Hall–Kier alpha value is -2.84. The van der Waals surface area contributed by atoms with Gasteiger partial charge in [0.2, 0.25) is 5.78 Å². The maximum atomic E-state index is 12.0. The number of ether oxygens (including phenoxy) is 1. The van der Waals surface area contributed by atoms with Crippen molar-refractivity contribution in [2.24, 2.45) is 0 Å². The van der Waals surface area contributed by atoms with E-state index in [-0.39, 0.29) is 18.5 Å². The highest BCUT2D eigenvalue weighted by atomic mass is 16.5. The predicted molar refractivity (Wildman–Crippen MR) is 69.7 cm³/mol. The Morgan fingerprint density at radius 3 is 2.82 bits per heavy atom. The maximum absolute atomic E-state index is 12.0. The molecule has 0 unspecified atom stereocenters. The van der Waals surface area contributed by atoms with E-state index in [2.05, 4.69) is 15.1 Å². The van der Waals surface area contributed by atoms with E-state index < -0.39 is 29.8 Å². The summed E-state index contributed by atoms with van der Waals surface area (Å²) in [5.41, 5.74) is 8.38. The second-order valence-corrected chi connectivity index (χ2v) is 4.18. The largest absolute Gasteiger partial charge is 0.480 e. The van der Waals surface area contributed by atoms with Gasteiger partial charge in [-0.3, -0.25) is 9.59 Å². The second-order valence-electron chi connectivity index (χ2n) is 4.18. The number of nitrogens with zero attached hydrogens (tertiary/aromatic N) is 3. The number of aromatic nitrogens is 1. The van der Waals surface area contributed by atoms with Crippen LogP contribution in [-0.2, 0) is 19.1 Å². The Balaban J connectivity index is 2.69. The predicted octanol–water partition coefficient (Wildman–Crippen LogP) is -0.419. The fourth-order valence-electron chi connectivity index (χ4n) is 1.63. The zero-order valence-corrected chi connectivity index (χ0v) is 11.6. The first kappa shape index (κ1) is 17.2. The van der Waals surface area contributed by atoms with Crippen LogP contribution in [-0.4, -0.2) is 51.9 Å². The Kier molecular flexibility index (Phi) is 6.61. The number of hydrogen-bond donors (Lipinski definition) is 2. The van der Waals surface area contributed by atoms with Gasteiger partial charge in [-0.15, -0.1) is 0 Å². The van der Waals surface area contributed by atoms with E-state index in [1.165, 1.54) is 13.4 Å². The summed E-state index contributed by atoms with van der Waals surface area (Å²) in [6, 6.07) is -1.30. The molecule has 0 saturated heterocycles. The molecule has 2 atom stereocenters. The summed E-state index contributed by atoms with van der Waals surface area (Å²) >= 11 is 0. The smallest absolute Gasteiger partial charge is 0.326 e. The highest BCUT2D eigenvalue weighted by molar-refractivity contribution is 6.25. The molecule has 0 aromatic carbocycles. The van der Waals surface area contributed by atoms with Crippen molar-refractivity contribution in [3.05, 3.63) is 23.9 Å². The van der Waals surface area contributed by atoms with E-state index in [1.807, 2.05) is 0 Å². The Bertz CT molecular complexity index is 578. The molecule has 0 radical (unpaired) electrons. The highest BCUT2D eigenvalue weighted by Gasteiger charge is 2.28. The second kappa shape index (κ2) is 8.45. The number of hydrogen-bond acceptors (Lipinski definition) is 6. The number of nitrogens with one attached hydrogen (secondary N) is 1. The van der Waals surface area contributed by atoms with Crippen molar-refractivity contribution in [1.29, 1.82) is 0 Å². The monoisotopic (exact) mass is 310 g/mol. The first-order valence-corrected chi connectivity index (χ1v) is 6.14. The topological polar surface area (TPSA) is 155 Å². The standard InChI is InChI=1S/C12H14N4O6/c1-21-10(9-5-22-6-14-9)11(18)16-8(12(19)20)3-2-7(17)4-15-13/h4-6,8,10H,2-3H2,1H3,(H,16,18)(H,19,20)/t8-,10-/m0/s1. The first-order chi connectivity index (χ1) is 10.5. The van der Waals surface area contributed by atoms with Crippen LogP contribution in [0.1, 0.15) is 24.6 Å². The van der Waals surface area contributed by atoms with Gasteiger partial charge in [0.1, 0.15) is 18.0 Å². The molecule has 0 spiro atoms. The van der Waals surface area contributed by atoms with Gasteiger partial charge in [0.15, 0.2) is 12.5 Å². The van der Waals surface area contributed by atoms with Gasteiger partial charge >= 0.3 is 12.2 Å². The van der Waals surface area contributed by atoms with E-state index in [1.54, 1.807) is 0 Å². The van der Waals surface area contributed by atoms with E-state index >= 15 is 0 Å². The molecule has 0 aliphatic heterocycles. The molecule has 118 valence electrons. The van der Waals surface area contributed by atoms with E-state index in [0.29, 0.717) is 6.21 Å². The van der Waals surface area contributed by atoms with Crippen LogP contribution in [0.2, 0.25) is 0 Å². The molecule has 1 heterocycles.